The third kappa shape index (κ3) is 5.89. The van der Waals surface area contributed by atoms with Crippen LogP contribution in [0.25, 0.3) is 0 Å². The van der Waals surface area contributed by atoms with Crippen molar-refractivity contribution in [2.45, 2.75) is 83.1 Å². The molecule has 0 amide bonds. The Balaban J connectivity index is 1.99. The second-order valence-electron chi connectivity index (χ2n) is 5.87. The van der Waals surface area contributed by atoms with Crippen molar-refractivity contribution in [3.05, 3.63) is 0 Å². The number of hydrogen-bond donors (Lipinski definition) is 1. The Hall–Kier alpha value is -1.12. The maximum Gasteiger partial charge on any atom is 0.114 e. The van der Waals surface area contributed by atoms with Gasteiger partial charge in [-0.2, -0.15) is 0 Å². The van der Waals surface area contributed by atoms with Crippen molar-refractivity contribution in [1.29, 1.82) is 0 Å². The highest BCUT2D eigenvalue weighted by Gasteiger charge is 2.13. The summed E-state index contributed by atoms with van der Waals surface area (Å²) in [5, 5.41) is 2.11. The summed E-state index contributed by atoms with van der Waals surface area (Å²) >= 11 is 0. The van der Waals surface area contributed by atoms with E-state index in [0.29, 0.717) is 0 Å². The summed E-state index contributed by atoms with van der Waals surface area (Å²) in [7, 11) is 0. The summed E-state index contributed by atoms with van der Waals surface area (Å²) in [6.45, 7) is 1.03. The maximum atomic E-state index is 3.50. The lowest BCUT2D eigenvalue weighted by Crippen LogP contribution is -2.42. The van der Waals surface area contributed by atoms with Gasteiger partial charge in [-0.3, -0.25) is 5.01 Å². The summed E-state index contributed by atoms with van der Waals surface area (Å²) in [5.41, 5.74) is 3.50. The second-order valence-corrected chi connectivity index (χ2v) is 5.87. The van der Waals surface area contributed by atoms with Crippen molar-refractivity contribution in [1.82, 2.24) is 10.4 Å². The van der Waals surface area contributed by atoms with Gasteiger partial charge in [-0.1, -0.05) is 50.4 Å². The van der Waals surface area contributed by atoms with Crippen LogP contribution in [0.3, 0.4) is 0 Å². The summed E-state index contributed by atoms with van der Waals surface area (Å²) in [5.74, 6) is 10.1. The highest BCUT2D eigenvalue weighted by atomic mass is 15.5. The molecule has 1 heterocycles. The summed E-state index contributed by atoms with van der Waals surface area (Å²) < 4.78 is 0. The lowest BCUT2D eigenvalue weighted by atomic mass is 10.0. The first-order chi connectivity index (χ1) is 9.97. The van der Waals surface area contributed by atoms with Gasteiger partial charge in [0.1, 0.15) is 6.04 Å². The second kappa shape index (κ2) is 9.73. The van der Waals surface area contributed by atoms with Gasteiger partial charge in [0.2, 0.25) is 0 Å². The first kappa shape index (κ1) is 15.3. The monoisotopic (exact) mass is 272 g/mol. The van der Waals surface area contributed by atoms with Crippen molar-refractivity contribution in [2.75, 3.05) is 6.54 Å². The van der Waals surface area contributed by atoms with Crippen molar-refractivity contribution in [2.24, 2.45) is 0 Å². The van der Waals surface area contributed by atoms with E-state index in [-0.39, 0.29) is 6.04 Å². The van der Waals surface area contributed by atoms with Crippen LogP contribution in [0.4, 0.5) is 0 Å². The molecule has 1 aliphatic heterocycles. The molecule has 2 aliphatic rings. The molecule has 1 N–H and O–H groups in total. The molecule has 0 aromatic heterocycles. The van der Waals surface area contributed by atoms with Gasteiger partial charge in [0, 0.05) is 25.4 Å². The zero-order valence-corrected chi connectivity index (χ0v) is 12.7. The zero-order chi connectivity index (χ0) is 13.9. The van der Waals surface area contributed by atoms with E-state index in [1.807, 2.05) is 0 Å². The Morgan fingerprint density at radius 2 is 1.45 bits per heavy atom. The van der Waals surface area contributed by atoms with E-state index in [2.05, 4.69) is 34.2 Å². The molecule has 0 radical (unpaired) electrons. The molecule has 0 spiro atoms. The largest absolute Gasteiger partial charge is 0.252 e. The Bertz CT molecular complexity index is 342. The molecule has 0 aromatic rings. The molecular formula is C18H28N2. The van der Waals surface area contributed by atoms with E-state index < -0.39 is 0 Å². The van der Waals surface area contributed by atoms with Gasteiger partial charge in [0.05, 0.1) is 0 Å². The van der Waals surface area contributed by atoms with E-state index in [0.717, 1.165) is 25.8 Å². The fraction of sp³-hybridized carbons (Fsp3) is 0.778. The van der Waals surface area contributed by atoms with Crippen LogP contribution in [0.5, 0.6) is 0 Å². The average Bonchev–Trinajstić information content (AvgIpc) is 2.50. The van der Waals surface area contributed by atoms with E-state index in [1.54, 1.807) is 0 Å². The van der Waals surface area contributed by atoms with Crippen LogP contribution < -0.4 is 5.43 Å². The predicted octanol–water partition coefficient (Wildman–Crippen LogP) is 3.83. The molecule has 1 atom stereocenters. The van der Waals surface area contributed by atoms with E-state index >= 15 is 0 Å². The third-order valence-electron chi connectivity index (χ3n) is 4.07. The quantitative estimate of drug-likeness (QED) is 0.730. The van der Waals surface area contributed by atoms with Gasteiger partial charge in [0.25, 0.3) is 0 Å². The van der Waals surface area contributed by atoms with Crippen molar-refractivity contribution >= 4 is 0 Å². The third-order valence-corrected chi connectivity index (χ3v) is 4.07. The van der Waals surface area contributed by atoms with Gasteiger partial charge in [-0.15, -0.1) is 5.92 Å². The first-order valence-corrected chi connectivity index (χ1v) is 8.46. The highest BCUT2D eigenvalue weighted by Crippen LogP contribution is 2.13. The summed E-state index contributed by atoms with van der Waals surface area (Å²) in [4.78, 5) is 0. The fourth-order valence-electron chi connectivity index (χ4n) is 2.80. The highest BCUT2D eigenvalue weighted by molar-refractivity contribution is 5.12. The molecule has 110 valence electrons. The normalized spacial score (nSPS) is 25.6. The van der Waals surface area contributed by atoms with Crippen LogP contribution in [0.15, 0.2) is 0 Å². The molecule has 2 nitrogen and oxygen atoms in total. The summed E-state index contributed by atoms with van der Waals surface area (Å²) in [6, 6.07) is 3.59. The van der Waals surface area contributed by atoms with Gasteiger partial charge in [-0.05, 0) is 25.7 Å². The molecule has 20 heavy (non-hydrogen) atoms. The average molecular weight is 272 g/mol. The van der Waals surface area contributed by atoms with Crippen LogP contribution in [0.2, 0.25) is 0 Å². The van der Waals surface area contributed by atoms with E-state index in [9.17, 15) is 0 Å². The maximum absolute atomic E-state index is 3.50. The Morgan fingerprint density at radius 3 is 2.35 bits per heavy atom. The van der Waals surface area contributed by atoms with Gasteiger partial charge in [0.15, 0.2) is 0 Å². The molecule has 2 rings (SSSR count). The van der Waals surface area contributed by atoms with Crippen LogP contribution in [-0.4, -0.2) is 17.6 Å². The molecule has 0 bridgehead atoms. The molecule has 1 unspecified atom stereocenters. The minimum atomic E-state index is 0.278. The molecule has 0 aromatic carbocycles. The lowest BCUT2D eigenvalue weighted by Gasteiger charge is -2.26. The molecule has 0 saturated heterocycles. The van der Waals surface area contributed by atoms with Crippen LogP contribution >= 0.6 is 0 Å². The lowest BCUT2D eigenvalue weighted by molar-refractivity contribution is 0.234. The van der Waals surface area contributed by atoms with Crippen molar-refractivity contribution in [3.8, 4) is 23.8 Å². The Morgan fingerprint density at radius 1 is 0.750 bits per heavy atom. The summed E-state index contributed by atoms with van der Waals surface area (Å²) in [6.07, 6.45) is 15.0. The number of nitrogens with one attached hydrogen (secondary N) is 1. The number of hydrazine groups is 1. The zero-order valence-electron chi connectivity index (χ0n) is 12.7. The van der Waals surface area contributed by atoms with Gasteiger partial charge >= 0.3 is 0 Å². The number of hydrogen-bond acceptors (Lipinski definition) is 2. The van der Waals surface area contributed by atoms with E-state index in [4.69, 9.17) is 0 Å². The van der Waals surface area contributed by atoms with Gasteiger partial charge < -0.3 is 0 Å². The van der Waals surface area contributed by atoms with Crippen LogP contribution in [0.1, 0.15) is 77.0 Å². The molecule has 0 saturated carbocycles. The van der Waals surface area contributed by atoms with Crippen molar-refractivity contribution in [3.63, 3.8) is 0 Å². The minimum absolute atomic E-state index is 0.278. The standard InChI is InChI=1S/C18H28N2/c1-2-6-10-14-18(15-11-7-3-1)20-17-13-9-5-4-8-12-16-19-20/h18-19H,1-10,12,14,16H2. The fourth-order valence-corrected chi connectivity index (χ4v) is 2.80. The predicted molar refractivity (Wildman–Crippen MR) is 84.6 cm³/mol. The number of rotatable bonds is 1. The SMILES string of the molecule is C1#CC(N2C#CCCCCCCN2)CCCCCCC1. The Labute approximate surface area is 124 Å². The minimum Gasteiger partial charge on any atom is -0.252 e. The van der Waals surface area contributed by atoms with Crippen LogP contribution in [0, 0.1) is 23.8 Å². The molecular weight excluding hydrogens is 244 g/mol. The molecule has 2 heteroatoms. The van der Waals surface area contributed by atoms with E-state index in [1.165, 1.54) is 57.8 Å². The van der Waals surface area contributed by atoms with Crippen molar-refractivity contribution < 1.29 is 0 Å². The number of nitrogens with zero attached hydrogens (tertiary/aromatic N) is 1. The molecule has 1 aliphatic carbocycles. The smallest absolute Gasteiger partial charge is 0.114 e. The van der Waals surface area contributed by atoms with Gasteiger partial charge in [-0.25, -0.2) is 5.43 Å². The topological polar surface area (TPSA) is 15.3 Å². The molecule has 0 fully saturated rings. The first-order valence-electron chi connectivity index (χ1n) is 8.46. The van der Waals surface area contributed by atoms with Crippen LogP contribution in [-0.2, 0) is 0 Å². The Kier molecular flexibility index (Phi) is 7.43.